The van der Waals surface area contributed by atoms with Gasteiger partial charge in [-0.25, -0.2) is 4.39 Å². The Kier molecular flexibility index (Phi) is 3.84. The van der Waals surface area contributed by atoms with Gasteiger partial charge in [-0.2, -0.15) is 5.10 Å². The van der Waals surface area contributed by atoms with Crippen molar-refractivity contribution in [2.45, 2.75) is 13.0 Å². The summed E-state index contributed by atoms with van der Waals surface area (Å²) in [6.07, 6.45) is 7.32. The van der Waals surface area contributed by atoms with Gasteiger partial charge in [0.25, 0.3) is 0 Å². The van der Waals surface area contributed by atoms with E-state index in [4.69, 9.17) is 0 Å². The van der Waals surface area contributed by atoms with E-state index < -0.39 is 0 Å². The molecule has 0 bridgehead atoms. The fraction of sp³-hybridized carbons (Fsp3) is 0.125. The minimum Gasteiger partial charge on any atom is -0.265 e. The van der Waals surface area contributed by atoms with Crippen LogP contribution in [0.15, 0.2) is 59.6 Å². The maximum absolute atomic E-state index is 13.0. The number of hydrogen-bond donors (Lipinski definition) is 0. The minimum absolute atomic E-state index is 0.0412. The molecule has 0 radical (unpaired) electrons. The van der Waals surface area contributed by atoms with Crippen LogP contribution in [0.3, 0.4) is 0 Å². The van der Waals surface area contributed by atoms with Crippen LogP contribution in [0.5, 0.6) is 0 Å². The van der Waals surface area contributed by atoms with Crippen molar-refractivity contribution in [3.63, 3.8) is 0 Å². The summed E-state index contributed by atoms with van der Waals surface area (Å²) in [5.41, 5.74) is 3.01. The van der Waals surface area contributed by atoms with E-state index >= 15 is 0 Å². The van der Waals surface area contributed by atoms with Gasteiger partial charge in [-0.1, -0.05) is 12.1 Å². The van der Waals surface area contributed by atoms with Crippen molar-refractivity contribution >= 4 is 15.9 Å². The molecule has 106 valence electrons. The molecular formula is C16H13BrFN3. The van der Waals surface area contributed by atoms with Crippen molar-refractivity contribution in [1.29, 1.82) is 0 Å². The van der Waals surface area contributed by atoms with E-state index in [-0.39, 0.29) is 11.9 Å². The highest BCUT2D eigenvalue weighted by Crippen LogP contribution is 2.24. The predicted molar refractivity (Wildman–Crippen MR) is 83.4 cm³/mol. The lowest BCUT2D eigenvalue weighted by Crippen LogP contribution is -2.06. The highest BCUT2D eigenvalue weighted by Gasteiger charge is 2.10. The van der Waals surface area contributed by atoms with Crippen LogP contribution in [-0.4, -0.2) is 14.8 Å². The summed E-state index contributed by atoms with van der Waals surface area (Å²) in [4.78, 5) is 4.16. The van der Waals surface area contributed by atoms with Crippen LogP contribution >= 0.6 is 15.9 Å². The van der Waals surface area contributed by atoms with E-state index in [1.54, 1.807) is 24.5 Å². The Morgan fingerprint density at radius 3 is 2.57 bits per heavy atom. The highest BCUT2D eigenvalue weighted by atomic mass is 79.9. The molecular weight excluding hydrogens is 333 g/mol. The third-order valence-corrected chi connectivity index (χ3v) is 3.82. The number of pyridine rings is 1. The zero-order valence-corrected chi connectivity index (χ0v) is 13.0. The second-order valence-corrected chi connectivity index (χ2v) is 5.74. The molecule has 3 nitrogen and oxygen atoms in total. The fourth-order valence-electron chi connectivity index (χ4n) is 2.16. The molecule has 2 aromatic heterocycles. The Bertz CT molecular complexity index is 752. The second-order valence-electron chi connectivity index (χ2n) is 4.83. The van der Waals surface area contributed by atoms with E-state index in [9.17, 15) is 4.39 Å². The molecule has 1 unspecified atom stereocenters. The van der Waals surface area contributed by atoms with Crippen LogP contribution in [0.1, 0.15) is 18.5 Å². The van der Waals surface area contributed by atoms with E-state index in [1.807, 2.05) is 30.1 Å². The van der Waals surface area contributed by atoms with Crippen LogP contribution in [0, 0.1) is 5.82 Å². The normalized spacial score (nSPS) is 12.3. The summed E-state index contributed by atoms with van der Waals surface area (Å²) < 4.78 is 15.8. The van der Waals surface area contributed by atoms with Gasteiger partial charge < -0.3 is 0 Å². The molecule has 2 heterocycles. The Morgan fingerprint density at radius 2 is 1.86 bits per heavy atom. The van der Waals surface area contributed by atoms with Crippen molar-refractivity contribution in [2.75, 3.05) is 0 Å². The summed E-state index contributed by atoms with van der Waals surface area (Å²) >= 11 is 3.41. The lowest BCUT2D eigenvalue weighted by Gasteiger charge is -2.12. The quantitative estimate of drug-likeness (QED) is 0.701. The third kappa shape index (κ3) is 3.03. The SMILES string of the molecule is CC(c1ccc(F)cc1)n1cc(-c2cncc(Br)c2)cn1. The van der Waals surface area contributed by atoms with Crippen molar-refractivity contribution in [1.82, 2.24) is 14.8 Å². The van der Waals surface area contributed by atoms with Gasteiger partial charge in [0.05, 0.1) is 12.2 Å². The summed E-state index contributed by atoms with van der Waals surface area (Å²) in [7, 11) is 0. The van der Waals surface area contributed by atoms with Crippen LogP contribution in [-0.2, 0) is 0 Å². The Hall–Kier alpha value is -2.01. The third-order valence-electron chi connectivity index (χ3n) is 3.39. The molecule has 0 fully saturated rings. The number of nitrogens with zero attached hydrogens (tertiary/aromatic N) is 3. The summed E-state index contributed by atoms with van der Waals surface area (Å²) in [6.45, 7) is 2.03. The highest BCUT2D eigenvalue weighted by molar-refractivity contribution is 9.10. The van der Waals surface area contributed by atoms with Crippen LogP contribution in [0.2, 0.25) is 0 Å². The minimum atomic E-state index is -0.229. The fourth-order valence-corrected chi connectivity index (χ4v) is 2.53. The first-order valence-corrected chi connectivity index (χ1v) is 7.33. The van der Waals surface area contributed by atoms with Gasteiger partial charge in [0.1, 0.15) is 5.82 Å². The molecule has 0 amide bonds. The van der Waals surface area contributed by atoms with Gasteiger partial charge >= 0.3 is 0 Å². The Balaban J connectivity index is 1.89. The van der Waals surface area contributed by atoms with Gasteiger partial charge in [-0.05, 0) is 46.6 Å². The van der Waals surface area contributed by atoms with E-state index in [1.165, 1.54) is 12.1 Å². The number of aromatic nitrogens is 3. The summed E-state index contributed by atoms with van der Waals surface area (Å²) in [5.74, 6) is -0.229. The van der Waals surface area contributed by atoms with Gasteiger partial charge in [0, 0.05) is 34.2 Å². The first kappa shape index (κ1) is 13.9. The molecule has 5 heteroatoms. The van der Waals surface area contributed by atoms with Crippen molar-refractivity contribution in [3.8, 4) is 11.1 Å². The summed E-state index contributed by atoms with van der Waals surface area (Å²) in [5, 5.41) is 4.40. The van der Waals surface area contributed by atoms with E-state index in [0.29, 0.717) is 0 Å². The maximum atomic E-state index is 13.0. The lowest BCUT2D eigenvalue weighted by atomic mass is 10.1. The van der Waals surface area contributed by atoms with Gasteiger partial charge in [-0.3, -0.25) is 9.67 Å². The molecule has 0 saturated carbocycles. The Labute approximate surface area is 130 Å². The first-order valence-electron chi connectivity index (χ1n) is 6.54. The maximum Gasteiger partial charge on any atom is 0.123 e. The molecule has 21 heavy (non-hydrogen) atoms. The number of halogens is 2. The second kappa shape index (κ2) is 5.77. The average Bonchev–Trinajstić information content (AvgIpc) is 2.97. The monoisotopic (exact) mass is 345 g/mol. The molecule has 3 aromatic rings. The van der Waals surface area contributed by atoms with Gasteiger partial charge in [0.2, 0.25) is 0 Å². The van der Waals surface area contributed by atoms with Crippen molar-refractivity contribution < 1.29 is 4.39 Å². The predicted octanol–water partition coefficient (Wildman–Crippen LogP) is 4.46. The van der Waals surface area contributed by atoms with Gasteiger partial charge in [0.15, 0.2) is 0 Å². The van der Waals surface area contributed by atoms with Crippen LogP contribution in [0.4, 0.5) is 4.39 Å². The zero-order chi connectivity index (χ0) is 14.8. The molecule has 0 spiro atoms. The lowest BCUT2D eigenvalue weighted by molar-refractivity contribution is 0.561. The Morgan fingerprint density at radius 1 is 1.10 bits per heavy atom. The smallest absolute Gasteiger partial charge is 0.123 e. The number of hydrogen-bond acceptors (Lipinski definition) is 2. The van der Waals surface area contributed by atoms with Crippen LogP contribution in [0.25, 0.3) is 11.1 Å². The molecule has 3 rings (SSSR count). The van der Waals surface area contributed by atoms with E-state index in [2.05, 4.69) is 26.0 Å². The van der Waals surface area contributed by atoms with E-state index in [0.717, 1.165) is 21.2 Å². The number of rotatable bonds is 3. The molecule has 1 atom stereocenters. The summed E-state index contributed by atoms with van der Waals surface area (Å²) in [6, 6.07) is 8.53. The van der Waals surface area contributed by atoms with Crippen molar-refractivity contribution in [2.24, 2.45) is 0 Å². The topological polar surface area (TPSA) is 30.7 Å². The molecule has 0 aliphatic carbocycles. The molecule has 0 N–H and O–H groups in total. The van der Waals surface area contributed by atoms with Crippen LogP contribution < -0.4 is 0 Å². The van der Waals surface area contributed by atoms with Gasteiger partial charge in [-0.15, -0.1) is 0 Å². The van der Waals surface area contributed by atoms with Crippen molar-refractivity contribution in [3.05, 3.63) is 71.0 Å². The number of benzene rings is 1. The average molecular weight is 346 g/mol. The first-order chi connectivity index (χ1) is 10.1. The molecule has 0 aliphatic rings. The molecule has 0 aliphatic heterocycles. The molecule has 1 aromatic carbocycles. The molecule has 0 saturated heterocycles. The largest absolute Gasteiger partial charge is 0.265 e. The zero-order valence-electron chi connectivity index (χ0n) is 11.4. The standard InChI is InChI=1S/C16H13BrFN3/c1-11(12-2-4-16(18)5-3-12)21-10-14(8-20-21)13-6-15(17)9-19-7-13/h2-11H,1H3.